The summed E-state index contributed by atoms with van der Waals surface area (Å²) in [6.07, 6.45) is 2.37. The highest BCUT2D eigenvalue weighted by Crippen LogP contribution is 2.36. The number of para-hydroxylation sites is 1. The maximum absolute atomic E-state index is 12.2. The lowest BCUT2D eigenvalue weighted by atomic mass is 9.84. The zero-order valence-corrected chi connectivity index (χ0v) is 8.83. The minimum atomic E-state index is -0.838. The Balaban J connectivity index is 2.13. The monoisotopic (exact) mass is 230 g/mol. The molecule has 1 aliphatic carbocycles. The van der Waals surface area contributed by atoms with Crippen LogP contribution in [0.2, 0.25) is 0 Å². The smallest absolute Gasteiger partial charge is 0.181 e. The zero-order valence-electron chi connectivity index (χ0n) is 8.83. The van der Waals surface area contributed by atoms with Crippen molar-refractivity contribution >= 4 is 5.78 Å². The van der Waals surface area contributed by atoms with Crippen LogP contribution in [0, 0.1) is 5.92 Å². The summed E-state index contributed by atoms with van der Waals surface area (Å²) in [5.74, 6) is -1.16. The molecule has 0 amide bonds. The van der Waals surface area contributed by atoms with Crippen LogP contribution in [0.4, 0.5) is 0 Å². The normalized spacial score (nSPS) is 26.2. The van der Waals surface area contributed by atoms with Crippen LogP contribution in [0.15, 0.2) is 47.9 Å². The number of Topliss-reactive ketones (excluding diaryl/α,β-unsaturated/α-hetero) is 1. The molecule has 1 aromatic rings. The highest BCUT2D eigenvalue weighted by atomic mass is 16.5. The first-order valence-electron chi connectivity index (χ1n) is 5.28. The molecule has 17 heavy (non-hydrogen) atoms. The van der Waals surface area contributed by atoms with E-state index in [1.807, 2.05) is 0 Å². The lowest BCUT2D eigenvalue weighted by molar-refractivity contribution is 0.0708. The fourth-order valence-corrected chi connectivity index (χ4v) is 2.17. The fourth-order valence-electron chi connectivity index (χ4n) is 2.17. The van der Waals surface area contributed by atoms with Crippen molar-refractivity contribution in [3.63, 3.8) is 0 Å². The first-order valence-corrected chi connectivity index (χ1v) is 5.28. The van der Waals surface area contributed by atoms with Gasteiger partial charge in [0.1, 0.15) is 23.5 Å². The maximum atomic E-state index is 12.2. The minimum Gasteiger partial charge on any atom is -0.508 e. The molecule has 2 N–H and O–H groups in total. The minimum absolute atomic E-state index is 0.231. The number of hydrogen-bond donors (Lipinski definition) is 2. The summed E-state index contributed by atoms with van der Waals surface area (Å²) in [7, 11) is 0. The van der Waals surface area contributed by atoms with Crippen molar-refractivity contribution in [2.75, 3.05) is 0 Å². The van der Waals surface area contributed by atoms with Crippen LogP contribution < -0.4 is 4.74 Å². The van der Waals surface area contributed by atoms with E-state index in [4.69, 9.17) is 4.74 Å². The number of ketones is 1. The van der Waals surface area contributed by atoms with Gasteiger partial charge < -0.3 is 14.9 Å². The molecule has 0 saturated heterocycles. The number of carbonyl (C=O) groups is 1. The molecule has 1 heterocycles. The summed E-state index contributed by atoms with van der Waals surface area (Å²) in [4.78, 5) is 12.2. The van der Waals surface area contributed by atoms with Crippen LogP contribution in [0.25, 0.3) is 0 Å². The van der Waals surface area contributed by atoms with Crippen molar-refractivity contribution < 1.29 is 19.7 Å². The second-order valence-electron chi connectivity index (χ2n) is 4.05. The third-order valence-electron chi connectivity index (χ3n) is 3.03. The number of ether oxygens (including phenoxy) is 1. The van der Waals surface area contributed by atoms with Crippen molar-refractivity contribution in [3.05, 3.63) is 53.5 Å². The third-order valence-corrected chi connectivity index (χ3v) is 3.03. The van der Waals surface area contributed by atoms with Gasteiger partial charge in [-0.2, -0.15) is 0 Å². The van der Waals surface area contributed by atoms with E-state index in [9.17, 15) is 15.0 Å². The molecular formula is C13H10O4. The SMILES string of the molecule is O=C1c2ccccc2O[C@H]2C=CC(O)=C(O)[C@H]12. The van der Waals surface area contributed by atoms with Gasteiger partial charge >= 0.3 is 0 Å². The topological polar surface area (TPSA) is 66.8 Å². The van der Waals surface area contributed by atoms with Gasteiger partial charge in [-0.1, -0.05) is 12.1 Å². The Labute approximate surface area is 97.5 Å². The first kappa shape index (κ1) is 9.96. The van der Waals surface area contributed by atoms with Gasteiger partial charge in [-0.3, -0.25) is 4.79 Å². The molecule has 0 spiro atoms. The molecule has 0 bridgehead atoms. The van der Waals surface area contributed by atoms with Gasteiger partial charge in [-0.05, 0) is 24.3 Å². The summed E-state index contributed by atoms with van der Waals surface area (Å²) in [5, 5.41) is 19.2. The number of hydrogen-bond acceptors (Lipinski definition) is 4. The number of rotatable bonds is 0. The molecule has 0 aromatic heterocycles. The number of carbonyl (C=O) groups excluding carboxylic acids is 1. The Hall–Kier alpha value is -2.23. The highest BCUT2D eigenvalue weighted by Gasteiger charge is 2.41. The second kappa shape index (κ2) is 3.38. The van der Waals surface area contributed by atoms with Crippen molar-refractivity contribution in [3.8, 4) is 5.75 Å². The van der Waals surface area contributed by atoms with Crippen molar-refractivity contribution in [1.82, 2.24) is 0 Å². The van der Waals surface area contributed by atoms with Gasteiger partial charge in [-0.15, -0.1) is 0 Å². The lowest BCUT2D eigenvalue weighted by Crippen LogP contribution is -2.39. The summed E-state index contributed by atoms with van der Waals surface area (Å²) >= 11 is 0. The van der Waals surface area contributed by atoms with E-state index in [0.717, 1.165) is 0 Å². The van der Waals surface area contributed by atoms with Crippen LogP contribution in [0.3, 0.4) is 0 Å². The van der Waals surface area contributed by atoms with Crippen molar-refractivity contribution in [2.45, 2.75) is 6.10 Å². The molecule has 2 aliphatic rings. The standard InChI is InChI=1S/C13H10O4/c14-8-5-6-10-11(13(8)16)12(15)7-3-1-2-4-9(7)17-10/h1-6,10-11,14,16H/t10-,11-/m0/s1. The van der Waals surface area contributed by atoms with E-state index in [0.29, 0.717) is 11.3 Å². The molecule has 0 saturated carbocycles. The molecule has 2 atom stereocenters. The van der Waals surface area contributed by atoms with Gasteiger partial charge in [0, 0.05) is 0 Å². The molecule has 86 valence electrons. The van der Waals surface area contributed by atoms with Gasteiger partial charge in [0.25, 0.3) is 0 Å². The Morgan fingerprint density at radius 3 is 2.76 bits per heavy atom. The number of aliphatic hydroxyl groups excluding tert-OH is 2. The molecule has 4 heteroatoms. The largest absolute Gasteiger partial charge is 0.508 e. The summed E-state index contributed by atoms with van der Waals surface area (Å²) < 4.78 is 5.61. The fraction of sp³-hybridized carbons (Fsp3) is 0.154. The summed E-state index contributed by atoms with van der Waals surface area (Å²) in [6, 6.07) is 6.88. The predicted octanol–water partition coefficient (Wildman–Crippen LogP) is 2.14. The molecule has 1 aliphatic heterocycles. The molecule has 0 fully saturated rings. The molecule has 1 aromatic carbocycles. The predicted molar refractivity (Wildman–Crippen MR) is 60.1 cm³/mol. The van der Waals surface area contributed by atoms with E-state index < -0.39 is 12.0 Å². The van der Waals surface area contributed by atoms with Crippen LogP contribution in [0.5, 0.6) is 5.75 Å². The number of benzene rings is 1. The lowest BCUT2D eigenvalue weighted by Gasteiger charge is -2.32. The van der Waals surface area contributed by atoms with Crippen molar-refractivity contribution in [2.24, 2.45) is 5.92 Å². The summed E-state index contributed by atoms with van der Waals surface area (Å²) in [6.45, 7) is 0. The number of allylic oxidation sites excluding steroid dienone is 1. The zero-order chi connectivity index (χ0) is 12.0. The second-order valence-corrected chi connectivity index (χ2v) is 4.05. The van der Waals surface area contributed by atoms with E-state index in [1.165, 1.54) is 6.08 Å². The number of aliphatic hydroxyl groups is 2. The first-order chi connectivity index (χ1) is 8.18. The Kier molecular flexibility index (Phi) is 1.98. The maximum Gasteiger partial charge on any atom is 0.181 e. The average molecular weight is 230 g/mol. The number of fused-ring (bicyclic) bond motifs is 2. The summed E-state index contributed by atoms with van der Waals surface area (Å²) in [5.41, 5.74) is 0.434. The van der Waals surface area contributed by atoms with Crippen LogP contribution >= 0.6 is 0 Å². The van der Waals surface area contributed by atoms with Gasteiger partial charge in [0.05, 0.1) is 5.56 Å². The average Bonchev–Trinajstić information content (AvgIpc) is 2.34. The van der Waals surface area contributed by atoms with E-state index in [1.54, 1.807) is 30.3 Å². The molecule has 0 radical (unpaired) electrons. The highest BCUT2D eigenvalue weighted by molar-refractivity contribution is 6.03. The Morgan fingerprint density at radius 2 is 1.94 bits per heavy atom. The molecule has 4 nitrogen and oxygen atoms in total. The van der Waals surface area contributed by atoms with Crippen LogP contribution in [-0.2, 0) is 0 Å². The van der Waals surface area contributed by atoms with Crippen molar-refractivity contribution in [1.29, 1.82) is 0 Å². The van der Waals surface area contributed by atoms with E-state index in [-0.39, 0.29) is 17.3 Å². The third kappa shape index (κ3) is 1.34. The molecule has 0 unspecified atom stereocenters. The van der Waals surface area contributed by atoms with Gasteiger partial charge in [0.15, 0.2) is 11.5 Å². The molecular weight excluding hydrogens is 220 g/mol. The molecule has 3 rings (SSSR count). The van der Waals surface area contributed by atoms with E-state index >= 15 is 0 Å². The van der Waals surface area contributed by atoms with Crippen LogP contribution in [-0.4, -0.2) is 22.1 Å². The Morgan fingerprint density at radius 1 is 1.18 bits per heavy atom. The quantitative estimate of drug-likeness (QED) is 0.716. The van der Waals surface area contributed by atoms with E-state index in [2.05, 4.69) is 0 Å². The van der Waals surface area contributed by atoms with Gasteiger partial charge in [0.2, 0.25) is 0 Å². The van der Waals surface area contributed by atoms with Crippen LogP contribution in [0.1, 0.15) is 10.4 Å². The Bertz CT molecular complexity index is 556. The van der Waals surface area contributed by atoms with Gasteiger partial charge in [-0.25, -0.2) is 0 Å².